The first-order valence-electron chi connectivity index (χ1n) is 11.8. The molecule has 1 fully saturated rings. The van der Waals surface area contributed by atoms with E-state index in [-0.39, 0.29) is 6.04 Å². The van der Waals surface area contributed by atoms with E-state index in [0.717, 1.165) is 59.9 Å². The van der Waals surface area contributed by atoms with Crippen molar-refractivity contribution in [2.75, 3.05) is 44.8 Å². The van der Waals surface area contributed by atoms with Gasteiger partial charge in [0.05, 0.1) is 24.9 Å². The van der Waals surface area contributed by atoms with Crippen LogP contribution in [0.25, 0.3) is 33.7 Å². The van der Waals surface area contributed by atoms with Gasteiger partial charge in [-0.15, -0.1) is 0 Å². The maximum absolute atomic E-state index is 5.67. The molecule has 1 unspecified atom stereocenters. The second kappa shape index (κ2) is 10.3. The Morgan fingerprint density at radius 1 is 1.15 bits per heavy atom. The molecule has 0 saturated carbocycles. The van der Waals surface area contributed by atoms with E-state index in [9.17, 15) is 0 Å². The summed E-state index contributed by atoms with van der Waals surface area (Å²) >= 11 is 0. The zero-order valence-corrected chi connectivity index (χ0v) is 19.7. The lowest BCUT2D eigenvalue weighted by molar-refractivity contribution is 0.0985. The van der Waals surface area contributed by atoms with E-state index in [2.05, 4.69) is 62.8 Å². The maximum atomic E-state index is 5.67. The van der Waals surface area contributed by atoms with Gasteiger partial charge < -0.3 is 25.3 Å². The molecule has 3 N–H and O–H groups in total. The van der Waals surface area contributed by atoms with Crippen molar-refractivity contribution in [1.82, 2.24) is 30.6 Å². The van der Waals surface area contributed by atoms with E-state index in [1.165, 1.54) is 5.56 Å². The highest BCUT2D eigenvalue weighted by Crippen LogP contribution is 2.31. The van der Waals surface area contributed by atoms with Crippen LogP contribution < -0.4 is 15.5 Å². The highest BCUT2D eigenvalue weighted by atomic mass is 16.5. The molecule has 8 heteroatoms. The molecule has 1 aliphatic heterocycles. The minimum absolute atomic E-state index is 0.247. The summed E-state index contributed by atoms with van der Waals surface area (Å²) < 4.78 is 5.67. The van der Waals surface area contributed by atoms with E-state index in [0.29, 0.717) is 19.0 Å². The van der Waals surface area contributed by atoms with Crippen LogP contribution in [0.2, 0.25) is 0 Å². The van der Waals surface area contributed by atoms with Gasteiger partial charge in [0, 0.05) is 61.2 Å². The van der Waals surface area contributed by atoms with Gasteiger partial charge in [0.2, 0.25) is 0 Å². The number of pyridine rings is 1. The van der Waals surface area contributed by atoms with Gasteiger partial charge >= 0.3 is 0 Å². The third kappa shape index (κ3) is 4.79. The lowest BCUT2D eigenvalue weighted by Gasteiger charge is -2.34. The molecule has 3 aromatic heterocycles. The van der Waals surface area contributed by atoms with Gasteiger partial charge in [-0.3, -0.25) is 0 Å². The predicted molar refractivity (Wildman–Crippen MR) is 136 cm³/mol. The third-order valence-electron chi connectivity index (χ3n) is 6.18. The van der Waals surface area contributed by atoms with Gasteiger partial charge in [-0.05, 0) is 37.7 Å². The van der Waals surface area contributed by atoms with Crippen LogP contribution in [0, 0.1) is 0 Å². The minimum Gasteiger partial charge on any atom is -0.377 e. The highest BCUT2D eigenvalue weighted by molar-refractivity contribution is 5.91. The molecule has 4 aromatic rings. The number of hydrogen-bond acceptors (Lipinski definition) is 7. The Morgan fingerprint density at radius 2 is 2.09 bits per heavy atom. The van der Waals surface area contributed by atoms with Crippen molar-refractivity contribution in [2.45, 2.75) is 19.5 Å². The fourth-order valence-corrected chi connectivity index (χ4v) is 4.36. The monoisotopic (exact) mass is 457 g/mol. The number of likely N-dealkylation sites (N-methyl/N-ethyl adjacent to an activating group) is 1. The van der Waals surface area contributed by atoms with Gasteiger partial charge in [-0.25, -0.2) is 15.0 Å². The molecule has 0 amide bonds. The van der Waals surface area contributed by atoms with Crippen LogP contribution in [0.4, 0.5) is 5.82 Å². The van der Waals surface area contributed by atoms with Crippen molar-refractivity contribution in [3.63, 3.8) is 0 Å². The molecule has 1 aliphatic rings. The summed E-state index contributed by atoms with van der Waals surface area (Å²) in [5, 5.41) is 7.66. The summed E-state index contributed by atoms with van der Waals surface area (Å²) in [6.07, 6.45) is 3.71. The van der Waals surface area contributed by atoms with E-state index >= 15 is 0 Å². The number of nitrogens with one attached hydrogen (secondary N) is 3. The summed E-state index contributed by atoms with van der Waals surface area (Å²) in [7, 11) is 1.96. The Morgan fingerprint density at radius 3 is 2.97 bits per heavy atom. The molecule has 0 radical (unpaired) electrons. The van der Waals surface area contributed by atoms with E-state index in [1.807, 2.05) is 25.4 Å². The smallest absolute Gasteiger partial charge is 0.162 e. The van der Waals surface area contributed by atoms with Crippen molar-refractivity contribution >= 4 is 16.9 Å². The van der Waals surface area contributed by atoms with Crippen LogP contribution >= 0.6 is 0 Å². The number of aromatic nitrogens is 4. The standard InChI is InChI=1S/C26H31N7O/c1-18-17-34-13-12-33(18)24-15-23(20-5-3-4-19(14-20)16-28-11-10-27-2)31-26(32-24)22-7-9-30-25-21(22)6-8-29-25/h3-9,14-15,18,27-28H,10-13,16-17H2,1-2H3,(H,29,30). The molecule has 4 heterocycles. The molecule has 5 rings (SSSR count). The summed E-state index contributed by atoms with van der Waals surface area (Å²) in [4.78, 5) is 20.0. The molecular weight excluding hydrogens is 426 g/mol. The van der Waals surface area contributed by atoms with E-state index < -0.39 is 0 Å². The molecule has 0 aliphatic carbocycles. The molecule has 0 bridgehead atoms. The lowest BCUT2D eigenvalue weighted by Crippen LogP contribution is -2.44. The molecular formula is C26H31N7O. The number of benzene rings is 1. The fourth-order valence-electron chi connectivity index (χ4n) is 4.36. The van der Waals surface area contributed by atoms with Crippen molar-refractivity contribution < 1.29 is 4.74 Å². The first kappa shape index (κ1) is 22.5. The number of hydrogen-bond donors (Lipinski definition) is 3. The van der Waals surface area contributed by atoms with Crippen molar-refractivity contribution in [1.29, 1.82) is 0 Å². The minimum atomic E-state index is 0.247. The van der Waals surface area contributed by atoms with Crippen molar-refractivity contribution in [3.8, 4) is 22.6 Å². The second-order valence-electron chi connectivity index (χ2n) is 8.63. The first-order valence-corrected chi connectivity index (χ1v) is 11.8. The summed E-state index contributed by atoms with van der Waals surface area (Å²) in [5.74, 6) is 1.63. The van der Waals surface area contributed by atoms with Gasteiger partial charge in [-0.1, -0.05) is 18.2 Å². The zero-order chi connectivity index (χ0) is 23.3. The lowest BCUT2D eigenvalue weighted by atomic mass is 10.1. The Hall–Kier alpha value is -3.33. The number of rotatable bonds is 8. The summed E-state index contributed by atoms with van der Waals surface area (Å²) in [6.45, 7) is 7.05. The van der Waals surface area contributed by atoms with E-state index in [1.54, 1.807) is 6.20 Å². The van der Waals surface area contributed by atoms with Crippen LogP contribution in [-0.2, 0) is 11.3 Å². The Bertz CT molecular complexity index is 1250. The quantitative estimate of drug-likeness (QED) is 0.350. The molecule has 176 valence electrons. The molecule has 34 heavy (non-hydrogen) atoms. The average molecular weight is 458 g/mol. The van der Waals surface area contributed by atoms with Gasteiger partial charge in [0.15, 0.2) is 5.82 Å². The average Bonchev–Trinajstić information content (AvgIpc) is 3.36. The van der Waals surface area contributed by atoms with Crippen LogP contribution in [0.1, 0.15) is 12.5 Å². The highest BCUT2D eigenvalue weighted by Gasteiger charge is 2.22. The normalized spacial score (nSPS) is 16.3. The maximum Gasteiger partial charge on any atom is 0.162 e. The number of morpholine rings is 1. The number of aromatic amines is 1. The molecule has 1 aromatic carbocycles. The van der Waals surface area contributed by atoms with Gasteiger partial charge in [0.1, 0.15) is 11.5 Å². The molecule has 0 spiro atoms. The van der Waals surface area contributed by atoms with Crippen LogP contribution in [0.5, 0.6) is 0 Å². The fraction of sp³-hybridized carbons (Fsp3) is 0.346. The molecule has 8 nitrogen and oxygen atoms in total. The van der Waals surface area contributed by atoms with Gasteiger partial charge in [0.25, 0.3) is 0 Å². The van der Waals surface area contributed by atoms with Gasteiger partial charge in [-0.2, -0.15) is 0 Å². The summed E-state index contributed by atoms with van der Waals surface area (Å²) in [6, 6.07) is 14.9. The van der Waals surface area contributed by atoms with Crippen LogP contribution in [-0.4, -0.2) is 65.9 Å². The largest absolute Gasteiger partial charge is 0.377 e. The molecule has 1 atom stereocenters. The Balaban J connectivity index is 1.56. The number of anilines is 1. The Kier molecular flexibility index (Phi) is 6.80. The Labute approximate surface area is 199 Å². The number of H-pyrrole nitrogens is 1. The predicted octanol–water partition coefficient (Wildman–Crippen LogP) is 3.22. The SMILES string of the molecule is CNCCNCc1cccc(-c2cc(N3CCOCC3C)nc(-c3ccnc4[nH]ccc34)n2)c1. The number of nitrogens with zero attached hydrogens (tertiary/aromatic N) is 4. The first-order chi connectivity index (χ1) is 16.7. The zero-order valence-electron chi connectivity index (χ0n) is 19.7. The summed E-state index contributed by atoms with van der Waals surface area (Å²) in [5.41, 5.74) is 5.03. The second-order valence-corrected chi connectivity index (χ2v) is 8.63. The van der Waals surface area contributed by atoms with E-state index in [4.69, 9.17) is 14.7 Å². The molecule has 1 saturated heterocycles. The van der Waals surface area contributed by atoms with Crippen LogP contribution in [0.3, 0.4) is 0 Å². The number of ether oxygens (including phenoxy) is 1. The number of fused-ring (bicyclic) bond motifs is 1. The van der Waals surface area contributed by atoms with Crippen molar-refractivity contribution in [3.05, 3.63) is 60.4 Å². The van der Waals surface area contributed by atoms with Crippen molar-refractivity contribution in [2.24, 2.45) is 0 Å². The third-order valence-corrected chi connectivity index (χ3v) is 6.18. The topological polar surface area (TPSA) is 91.0 Å². The van der Waals surface area contributed by atoms with Crippen LogP contribution in [0.15, 0.2) is 54.9 Å².